The molecule has 1 fully saturated rings. The lowest BCUT2D eigenvalue weighted by Crippen LogP contribution is -2.19. The summed E-state index contributed by atoms with van der Waals surface area (Å²) in [6.45, 7) is 5.61. The minimum absolute atomic E-state index is 0.195. The summed E-state index contributed by atoms with van der Waals surface area (Å²) < 4.78 is 11.0. The molecule has 3 heterocycles. The van der Waals surface area contributed by atoms with Crippen LogP contribution in [0.15, 0.2) is 35.2 Å². The third kappa shape index (κ3) is 4.77. The van der Waals surface area contributed by atoms with Gasteiger partial charge in [0.1, 0.15) is 21.3 Å². The van der Waals surface area contributed by atoms with E-state index in [0.29, 0.717) is 23.8 Å². The number of benzene rings is 1. The second-order valence-electron chi connectivity index (χ2n) is 7.06. The number of ether oxygens (including phenoxy) is 2. The van der Waals surface area contributed by atoms with E-state index in [-0.39, 0.29) is 12.1 Å². The quantitative estimate of drug-likeness (QED) is 0.385. The molecule has 2 aromatic heterocycles. The van der Waals surface area contributed by atoms with Crippen molar-refractivity contribution in [2.45, 2.75) is 43.4 Å². The number of esters is 1. The van der Waals surface area contributed by atoms with Gasteiger partial charge in [0, 0.05) is 18.0 Å². The lowest BCUT2D eigenvalue weighted by molar-refractivity contribution is 0.0531. The first-order valence-corrected chi connectivity index (χ1v) is 12.0. The largest absolute Gasteiger partial charge is 0.462 e. The zero-order valence-corrected chi connectivity index (χ0v) is 18.8. The Bertz CT molecular complexity index is 1020. The molecule has 1 saturated heterocycles. The fourth-order valence-electron chi connectivity index (χ4n) is 3.45. The fourth-order valence-corrected chi connectivity index (χ4v) is 5.32. The molecule has 1 aliphatic rings. The van der Waals surface area contributed by atoms with Gasteiger partial charge in [-0.3, -0.25) is 0 Å². The molecule has 0 aliphatic carbocycles. The third-order valence-electron chi connectivity index (χ3n) is 4.93. The highest BCUT2D eigenvalue weighted by molar-refractivity contribution is 7.98. The van der Waals surface area contributed by atoms with Crippen LogP contribution in [0.2, 0.25) is 0 Å². The van der Waals surface area contributed by atoms with Gasteiger partial charge in [-0.15, -0.1) is 23.1 Å². The predicted octanol–water partition coefficient (Wildman–Crippen LogP) is 5.06. The van der Waals surface area contributed by atoms with Crippen LogP contribution in [0.1, 0.15) is 40.8 Å². The van der Waals surface area contributed by atoms with Crippen molar-refractivity contribution < 1.29 is 14.3 Å². The van der Waals surface area contributed by atoms with Crippen molar-refractivity contribution in [3.8, 4) is 0 Å². The van der Waals surface area contributed by atoms with Crippen LogP contribution >= 0.6 is 23.1 Å². The summed E-state index contributed by atoms with van der Waals surface area (Å²) >= 11 is 3.07. The summed E-state index contributed by atoms with van der Waals surface area (Å²) in [4.78, 5) is 24.6. The number of thioether (sulfide) groups is 1. The van der Waals surface area contributed by atoms with Crippen LogP contribution in [0.5, 0.6) is 0 Å². The van der Waals surface area contributed by atoms with Crippen LogP contribution in [0.4, 0.5) is 5.82 Å². The van der Waals surface area contributed by atoms with Crippen molar-refractivity contribution in [1.29, 1.82) is 0 Å². The first-order valence-electron chi connectivity index (χ1n) is 10.2. The minimum atomic E-state index is -0.303. The summed E-state index contributed by atoms with van der Waals surface area (Å²) in [5, 5.41) is 4.36. The maximum atomic E-state index is 12.4. The second kappa shape index (κ2) is 9.76. The molecule has 30 heavy (non-hydrogen) atoms. The van der Waals surface area contributed by atoms with E-state index >= 15 is 0 Å². The Hall–Kier alpha value is -2.16. The molecule has 1 atom stereocenters. The Morgan fingerprint density at radius 2 is 2.17 bits per heavy atom. The van der Waals surface area contributed by atoms with Gasteiger partial charge >= 0.3 is 5.97 Å². The number of nitrogens with zero attached hydrogens (tertiary/aromatic N) is 2. The van der Waals surface area contributed by atoms with Crippen molar-refractivity contribution in [2.24, 2.45) is 0 Å². The van der Waals surface area contributed by atoms with Gasteiger partial charge < -0.3 is 14.8 Å². The molecule has 0 unspecified atom stereocenters. The molecule has 4 rings (SSSR count). The smallest absolute Gasteiger partial charge is 0.348 e. The van der Waals surface area contributed by atoms with E-state index in [2.05, 4.69) is 17.4 Å². The summed E-state index contributed by atoms with van der Waals surface area (Å²) in [5.74, 6) is 1.86. The van der Waals surface area contributed by atoms with Gasteiger partial charge in [-0.1, -0.05) is 18.2 Å². The van der Waals surface area contributed by atoms with Crippen molar-refractivity contribution in [3.05, 3.63) is 46.6 Å². The summed E-state index contributed by atoms with van der Waals surface area (Å²) in [7, 11) is 0. The molecule has 0 spiro atoms. The molecule has 0 saturated carbocycles. The standard InChI is InChI=1S/C22H25N3O3S2/c1-3-27-22(26)19-14(2)18-20(23-12-15-8-7-11-28-15)24-17(25-21(18)30-19)13-29-16-9-5-4-6-10-16/h4-6,9-10,15H,3,7-8,11-13H2,1-2H3,(H,23,24,25)/t15-/m0/s1. The molecule has 8 heteroatoms. The predicted molar refractivity (Wildman–Crippen MR) is 122 cm³/mol. The number of carbonyl (C=O) groups excluding carboxylic acids is 1. The highest BCUT2D eigenvalue weighted by atomic mass is 32.2. The van der Waals surface area contributed by atoms with Crippen LogP contribution in [0.3, 0.4) is 0 Å². The van der Waals surface area contributed by atoms with Gasteiger partial charge in [0.25, 0.3) is 0 Å². The van der Waals surface area contributed by atoms with E-state index < -0.39 is 0 Å². The monoisotopic (exact) mass is 443 g/mol. The van der Waals surface area contributed by atoms with E-state index in [0.717, 1.165) is 46.9 Å². The summed E-state index contributed by atoms with van der Waals surface area (Å²) in [6, 6.07) is 10.2. The van der Waals surface area contributed by atoms with Crippen LogP contribution < -0.4 is 5.32 Å². The SMILES string of the molecule is CCOC(=O)c1sc2nc(CSc3ccccc3)nc(NC[C@@H]3CCCO3)c2c1C. The average Bonchev–Trinajstić information content (AvgIpc) is 3.39. The van der Waals surface area contributed by atoms with Crippen LogP contribution in [0, 0.1) is 6.92 Å². The lowest BCUT2D eigenvalue weighted by atomic mass is 10.2. The number of nitrogens with one attached hydrogen (secondary N) is 1. The van der Waals surface area contributed by atoms with Gasteiger partial charge in [0.05, 0.1) is 23.8 Å². The highest BCUT2D eigenvalue weighted by Crippen LogP contribution is 2.35. The van der Waals surface area contributed by atoms with Gasteiger partial charge in [-0.05, 0) is 44.4 Å². The van der Waals surface area contributed by atoms with Crippen molar-refractivity contribution in [1.82, 2.24) is 9.97 Å². The van der Waals surface area contributed by atoms with Gasteiger partial charge in [-0.2, -0.15) is 0 Å². The number of anilines is 1. The average molecular weight is 444 g/mol. The lowest BCUT2D eigenvalue weighted by Gasteiger charge is -2.13. The molecule has 6 nitrogen and oxygen atoms in total. The fraction of sp³-hybridized carbons (Fsp3) is 0.409. The Labute approximate surface area is 184 Å². The zero-order valence-electron chi connectivity index (χ0n) is 17.1. The van der Waals surface area contributed by atoms with Gasteiger partial charge in [0.2, 0.25) is 0 Å². The maximum absolute atomic E-state index is 12.4. The van der Waals surface area contributed by atoms with Gasteiger partial charge in [0.15, 0.2) is 0 Å². The highest BCUT2D eigenvalue weighted by Gasteiger charge is 2.22. The van der Waals surface area contributed by atoms with E-state index in [1.807, 2.05) is 32.0 Å². The number of fused-ring (bicyclic) bond motifs is 1. The van der Waals surface area contributed by atoms with Gasteiger partial charge in [-0.25, -0.2) is 14.8 Å². The molecule has 0 bridgehead atoms. The van der Waals surface area contributed by atoms with Crippen molar-refractivity contribution in [2.75, 3.05) is 25.1 Å². The van der Waals surface area contributed by atoms with E-state index in [1.54, 1.807) is 11.8 Å². The Morgan fingerprint density at radius 3 is 2.90 bits per heavy atom. The number of hydrogen-bond acceptors (Lipinski definition) is 8. The van der Waals surface area contributed by atoms with E-state index in [1.165, 1.54) is 16.2 Å². The number of rotatable bonds is 8. The molecule has 158 valence electrons. The number of hydrogen-bond donors (Lipinski definition) is 1. The van der Waals surface area contributed by atoms with Crippen LogP contribution in [-0.2, 0) is 15.2 Å². The topological polar surface area (TPSA) is 73.3 Å². The summed E-state index contributed by atoms with van der Waals surface area (Å²) in [6.07, 6.45) is 2.34. The zero-order chi connectivity index (χ0) is 20.9. The molecule has 3 aromatic rings. The van der Waals surface area contributed by atoms with Crippen molar-refractivity contribution >= 4 is 45.1 Å². The third-order valence-corrected chi connectivity index (χ3v) is 7.10. The minimum Gasteiger partial charge on any atom is -0.462 e. The molecular formula is C22H25N3O3S2. The number of aryl methyl sites for hydroxylation is 1. The van der Waals surface area contributed by atoms with E-state index in [4.69, 9.17) is 19.4 Å². The number of thiophene rings is 1. The number of aromatic nitrogens is 2. The molecule has 1 N–H and O–H groups in total. The van der Waals surface area contributed by atoms with E-state index in [9.17, 15) is 4.79 Å². The second-order valence-corrected chi connectivity index (χ2v) is 9.11. The van der Waals surface area contributed by atoms with Crippen LogP contribution in [-0.4, -0.2) is 41.8 Å². The maximum Gasteiger partial charge on any atom is 0.348 e. The molecule has 0 amide bonds. The summed E-state index contributed by atoms with van der Waals surface area (Å²) in [5.41, 5.74) is 0.866. The Kier molecular flexibility index (Phi) is 6.86. The molecular weight excluding hydrogens is 418 g/mol. The first-order chi connectivity index (χ1) is 14.7. The molecule has 0 radical (unpaired) electrons. The molecule has 1 aromatic carbocycles. The number of carbonyl (C=O) groups is 1. The Morgan fingerprint density at radius 1 is 1.33 bits per heavy atom. The Balaban J connectivity index is 1.65. The first kappa shape index (κ1) is 21.1. The van der Waals surface area contributed by atoms with Crippen molar-refractivity contribution in [3.63, 3.8) is 0 Å². The normalized spacial score (nSPS) is 16.1. The molecule has 1 aliphatic heterocycles. The van der Waals surface area contributed by atoms with Crippen LogP contribution in [0.25, 0.3) is 10.2 Å².